The number of hydrogen-bond acceptors (Lipinski definition) is 3. The second-order valence-electron chi connectivity index (χ2n) is 5.49. The van der Waals surface area contributed by atoms with Gasteiger partial charge < -0.3 is 10.6 Å². The quantitative estimate of drug-likeness (QED) is 0.391. The number of nitrogens with two attached hydrogens (primary N) is 1. The van der Waals surface area contributed by atoms with E-state index in [0.717, 1.165) is 17.9 Å². The van der Waals surface area contributed by atoms with Gasteiger partial charge in [-0.1, -0.05) is 18.6 Å². The van der Waals surface area contributed by atoms with Crippen molar-refractivity contribution in [3.05, 3.63) is 29.8 Å². The molecule has 1 aliphatic rings. The molecule has 2 N–H and O–H groups in total. The maximum Gasteiger partial charge on any atom is 0.127 e. The Morgan fingerprint density at radius 3 is 2.63 bits per heavy atom. The van der Waals surface area contributed by atoms with E-state index in [-0.39, 0.29) is 5.41 Å². The van der Waals surface area contributed by atoms with Crippen molar-refractivity contribution in [2.45, 2.75) is 31.1 Å². The van der Waals surface area contributed by atoms with Gasteiger partial charge in [-0.3, -0.25) is 0 Å². The number of rotatable bonds is 4. The highest BCUT2D eigenvalue weighted by molar-refractivity contribution is 5.83. The van der Waals surface area contributed by atoms with Crippen molar-refractivity contribution in [2.75, 3.05) is 19.8 Å². The van der Waals surface area contributed by atoms with Gasteiger partial charge in [-0.25, -0.2) is 0 Å². The van der Waals surface area contributed by atoms with Crippen LogP contribution in [0.25, 0.3) is 0 Å². The molecule has 0 heterocycles. The third kappa shape index (κ3) is 2.78. The molecule has 0 spiro atoms. The lowest BCUT2D eigenvalue weighted by molar-refractivity contribution is 0.247. The van der Waals surface area contributed by atoms with E-state index in [0.29, 0.717) is 0 Å². The summed E-state index contributed by atoms with van der Waals surface area (Å²) in [6.07, 6.45) is 4.51. The van der Waals surface area contributed by atoms with Crippen LogP contribution >= 0.6 is 0 Å². The van der Waals surface area contributed by atoms with E-state index >= 15 is 0 Å². The van der Waals surface area contributed by atoms with Crippen LogP contribution in [0.4, 0.5) is 5.69 Å². The second kappa shape index (κ2) is 5.43. The average Bonchev–Trinajstić information content (AvgIpc) is 2.32. The topological polar surface area (TPSA) is 54.0 Å². The molecule has 1 aliphatic carbocycles. The third-order valence-corrected chi connectivity index (χ3v) is 4.01. The van der Waals surface area contributed by atoms with Crippen LogP contribution < -0.4 is 5.73 Å². The van der Waals surface area contributed by atoms with Gasteiger partial charge in [0.1, 0.15) is 5.84 Å². The van der Waals surface area contributed by atoms with Gasteiger partial charge in [0.15, 0.2) is 0 Å². The molecule has 0 radical (unpaired) electrons. The molecule has 102 valence electrons. The molecule has 2 rings (SSSR count). The zero-order valence-electron chi connectivity index (χ0n) is 11.8. The molecule has 1 aromatic carbocycles. The predicted octanol–water partition coefficient (Wildman–Crippen LogP) is 2.66. The fraction of sp³-hybridized carbons (Fsp3) is 0.467. The van der Waals surface area contributed by atoms with Gasteiger partial charge in [0.05, 0.1) is 0 Å². The number of nitrogen functional groups attached to an aromatic ring is 1. The van der Waals surface area contributed by atoms with E-state index in [1.54, 1.807) is 0 Å². The Labute approximate surface area is 115 Å². The number of benzene rings is 1. The first-order valence-electron chi connectivity index (χ1n) is 6.63. The van der Waals surface area contributed by atoms with Crippen molar-refractivity contribution >= 4 is 18.2 Å². The van der Waals surface area contributed by atoms with Gasteiger partial charge in [-0.15, -0.1) is 5.10 Å². The van der Waals surface area contributed by atoms with Crippen LogP contribution in [-0.4, -0.2) is 31.5 Å². The highest BCUT2D eigenvalue weighted by Crippen LogP contribution is 2.47. The van der Waals surface area contributed by atoms with Crippen molar-refractivity contribution in [2.24, 2.45) is 10.2 Å². The highest BCUT2D eigenvalue weighted by Gasteiger charge is 2.40. The smallest absolute Gasteiger partial charge is 0.127 e. The van der Waals surface area contributed by atoms with E-state index in [9.17, 15) is 0 Å². The standard InChI is InChI=1S/C15H22N4/c1-17-18-14(19(2)3)11-15(8-5-9-15)12-6-4-7-13(16)10-12/h4,6-7,10H,1,5,8-9,11,16H2,2-3H3/b18-14-. The maximum absolute atomic E-state index is 5.91. The summed E-state index contributed by atoms with van der Waals surface area (Å²) in [5, 5.41) is 7.85. The Balaban J connectivity index is 2.28. The Hall–Kier alpha value is -1.84. The first-order chi connectivity index (χ1) is 9.07. The fourth-order valence-electron chi connectivity index (χ4n) is 2.71. The first kappa shape index (κ1) is 13.6. The first-order valence-corrected chi connectivity index (χ1v) is 6.63. The van der Waals surface area contributed by atoms with Crippen molar-refractivity contribution in [3.8, 4) is 0 Å². The second-order valence-corrected chi connectivity index (χ2v) is 5.49. The highest BCUT2D eigenvalue weighted by atomic mass is 15.3. The van der Waals surface area contributed by atoms with E-state index in [1.165, 1.54) is 24.8 Å². The largest absolute Gasteiger partial charge is 0.399 e. The molecule has 4 nitrogen and oxygen atoms in total. The Kier molecular flexibility index (Phi) is 3.88. The lowest BCUT2D eigenvalue weighted by Crippen LogP contribution is -2.39. The van der Waals surface area contributed by atoms with Crippen molar-refractivity contribution < 1.29 is 0 Å². The summed E-state index contributed by atoms with van der Waals surface area (Å²) in [7, 11) is 3.99. The molecule has 4 heteroatoms. The minimum absolute atomic E-state index is 0.170. The SMILES string of the molecule is C=N/N=C(/CC1(c2cccc(N)c2)CCC1)N(C)C. The zero-order chi connectivity index (χ0) is 13.9. The molecule has 0 saturated heterocycles. The Bertz CT molecular complexity index is 487. The lowest BCUT2D eigenvalue weighted by atomic mass is 9.62. The number of hydrogen-bond donors (Lipinski definition) is 1. The monoisotopic (exact) mass is 258 g/mol. The maximum atomic E-state index is 5.91. The van der Waals surface area contributed by atoms with E-state index in [1.807, 2.05) is 31.1 Å². The van der Waals surface area contributed by atoms with E-state index < -0.39 is 0 Å². The number of amidine groups is 1. The van der Waals surface area contributed by atoms with Gasteiger partial charge in [0, 0.05) is 38.3 Å². The average molecular weight is 258 g/mol. The van der Waals surface area contributed by atoms with Crippen LogP contribution in [0.3, 0.4) is 0 Å². The number of nitrogens with zero attached hydrogens (tertiary/aromatic N) is 3. The van der Waals surface area contributed by atoms with Crippen LogP contribution in [0.1, 0.15) is 31.2 Å². The molecular formula is C15H22N4. The van der Waals surface area contributed by atoms with Gasteiger partial charge in [-0.2, -0.15) is 5.10 Å². The molecule has 0 unspecified atom stereocenters. The minimum Gasteiger partial charge on any atom is -0.399 e. The van der Waals surface area contributed by atoms with E-state index in [2.05, 4.69) is 29.1 Å². The van der Waals surface area contributed by atoms with Crippen LogP contribution in [0.2, 0.25) is 0 Å². The lowest BCUT2D eigenvalue weighted by Gasteiger charge is -2.43. The molecule has 1 saturated carbocycles. The summed E-state index contributed by atoms with van der Waals surface area (Å²) >= 11 is 0. The summed E-state index contributed by atoms with van der Waals surface area (Å²) < 4.78 is 0. The summed E-state index contributed by atoms with van der Waals surface area (Å²) in [5.41, 5.74) is 8.23. The zero-order valence-corrected chi connectivity index (χ0v) is 11.8. The van der Waals surface area contributed by atoms with Crippen LogP contribution in [0.15, 0.2) is 34.5 Å². The van der Waals surface area contributed by atoms with Gasteiger partial charge in [0.25, 0.3) is 0 Å². The molecular weight excluding hydrogens is 236 g/mol. The van der Waals surface area contributed by atoms with Crippen LogP contribution in [-0.2, 0) is 5.41 Å². The summed E-state index contributed by atoms with van der Waals surface area (Å²) in [4.78, 5) is 2.01. The van der Waals surface area contributed by atoms with Gasteiger partial charge in [-0.05, 0) is 30.5 Å². The molecule has 1 fully saturated rings. The molecule has 0 atom stereocenters. The summed E-state index contributed by atoms with van der Waals surface area (Å²) in [6, 6.07) is 8.23. The van der Waals surface area contributed by atoms with Crippen LogP contribution in [0, 0.1) is 0 Å². The summed E-state index contributed by atoms with van der Waals surface area (Å²) in [5.74, 6) is 0.970. The molecule has 19 heavy (non-hydrogen) atoms. The normalized spacial score (nSPS) is 17.7. The molecule has 0 bridgehead atoms. The summed E-state index contributed by atoms with van der Waals surface area (Å²) in [6.45, 7) is 3.46. The number of anilines is 1. The third-order valence-electron chi connectivity index (χ3n) is 4.01. The van der Waals surface area contributed by atoms with Gasteiger partial charge in [0.2, 0.25) is 0 Å². The van der Waals surface area contributed by atoms with Crippen molar-refractivity contribution in [1.29, 1.82) is 0 Å². The molecule has 0 amide bonds. The van der Waals surface area contributed by atoms with Gasteiger partial charge >= 0.3 is 0 Å². The predicted molar refractivity (Wildman–Crippen MR) is 81.7 cm³/mol. The molecule has 1 aromatic rings. The van der Waals surface area contributed by atoms with Crippen molar-refractivity contribution in [1.82, 2.24) is 4.90 Å². The van der Waals surface area contributed by atoms with E-state index in [4.69, 9.17) is 5.73 Å². The minimum atomic E-state index is 0.170. The van der Waals surface area contributed by atoms with Crippen molar-refractivity contribution in [3.63, 3.8) is 0 Å². The Morgan fingerprint density at radius 2 is 2.16 bits per heavy atom. The molecule has 0 aromatic heterocycles. The fourth-order valence-corrected chi connectivity index (χ4v) is 2.71. The van der Waals surface area contributed by atoms with Crippen LogP contribution in [0.5, 0.6) is 0 Å². The Morgan fingerprint density at radius 1 is 1.42 bits per heavy atom. The molecule has 0 aliphatic heterocycles.